The van der Waals surface area contributed by atoms with E-state index in [1.807, 2.05) is 32.0 Å². The summed E-state index contributed by atoms with van der Waals surface area (Å²) in [6.07, 6.45) is 0. The second-order valence-electron chi connectivity index (χ2n) is 4.54. The number of para-hydroxylation sites is 1. The SMILES string of the molecule is Cc1cccc(Cl)c1NC(C)c1cc(O)ccc1O. The van der Waals surface area contributed by atoms with Crippen molar-refractivity contribution in [2.75, 3.05) is 5.32 Å². The number of halogens is 1. The van der Waals surface area contributed by atoms with Crippen LogP contribution in [0.2, 0.25) is 5.02 Å². The Morgan fingerprint density at radius 2 is 1.89 bits per heavy atom. The van der Waals surface area contributed by atoms with Crippen LogP contribution in [0.4, 0.5) is 5.69 Å². The molecule has 19 heavy (non-hydrogen) atoms. The Kier molecular flexibility index (Phi) is 3.86. The van der Waals surface area contributed by atoms with Crippen LogP contribution in [0.15, 0.2) is 36.4 Å². The summed E-state index contributed by atoms with van der Waals surface area (Å²) in [5, 5.41) is 23.2. The van der Waals surface area contributed by atoms with E-state index >= 15 is 0 Å². The Morgan fingerprint density at radius 3 is 2.58 bits per heavy atom. The Labute approximate surface area is 117 Å². The zero-order chi connectivity index (χ0) is 14.0. The Hall–Kier alpha value is -1.87. The number of anilines is 1. The van der Waals surface area contributed by atoms with E-state index in [0.717, 1.165) is 11.3 Å². The normalized spacial score (nSPS) is 12.2. The number of aromatic hydroxyl groups is 2. The molecule has 0 aliphatic rings. The average molecular weight is 278 g/mol. The van der Waals surface area contributed by atoms with Crippen LogP contribution in [-0.2, 0) is 0 Å². The maximum absolute atomic E-state index is 9.84. The molecule has 0 saturated carbocycles. The molecule has 0 spiro atoms. The quantitative estimate of drug-likeness (QED) is 0.736. The van der Waals surface area contributed by atoms with Gasteiger partial charge in [-0.15, -0.1) is 0 Å². The van der Waals surface area contributed by atoms with Gasteiger partial charge in [-0.25, -0.2) is 0 Å². The largest absolute Gasteiger partial charge is 0.508 e. The molecule has 0 aliphatic heterocycles. The smallest absolute Gasteiger partial charge is 0.121 e. The number of nitrogens with one attached hydrogen (secondary N) is 1. The summed E-state index contributed by atoms with van der Waals surface area (Å²) in [5.41, 5.74) is 2.48. The van der Waals surface area contributed by atoms with Crippen LogP contribution in [0.1, 0.15) is 24.1 Å². The van der Waals surface area contributed by atoms with Crippen LogP contribution in [0, 0.1) is 6.92 Å². The molecule has 4 heteroatoms. The highest BCUT2D eigenvalue weighted by molar-refractivity contribution is 6.33. The van der Waals surface area contributed by atoms with Gasteiger partial charge in [0.15, 0.2) is 0 Å². The van der Waals surface area contributed by atoms with Gasteiger partial charge in [0.25, 0.3) is 0 Å². The van der Waals surface area contributed by atoms with Crippen LogP contribution in [0.3, 0.4) is 0 Å². The van der Waals surface area contributed by atoms with Gasteiger partial charge in [-0.2, -0.15) is 0 Å². The maximum Gasteiger partial charge on any atom is 0.121 e. The molecule has 1 atom stereocenters. The van der Waals surface area contributed by atoms with Crippen molar-refractivity contribution in [3.05, 3.63) is 52.5 Å². The third-order valence-electron chi connectivity index (χ3n) is 3.06. The second kappa shape index (κ2) is 5.41. The standard InChI is InChI=1S/C15H16ClNO2/c1-9-4-3-5-13(16)15(9)17-10(2)12-8-11(18)6-7-14(12)19/h3-8,10,17-19H,1-2H3. The molecule has 3 nitrogen and oxygen atoms in total. The number of aryl methyl sites for hydroxylation is 1. The van der Waals surface area contributed by atoms with Crippen molar-refractivity contribution in [2.24, 2.45) is 0 Å². The van der Waals surface area contributed by atoms with Crippen molar-refractivity contribution in [3.63, 3.8) is 0 Å². The summed E-state index contributed by atoms with van der Waals surface area (Å²) in [6.45, 7) is 3.86. The summed E-state index contributed by atoms with van der Waals surface area (Å²) in [6, 6.07) is 9.95. The second-order valence-corrected chi connectivity index (χ2v) is 4.95. The summed E-state index contributed by atoms with van der Waals surface area (Å²) in [7, 11) is 0. The first-order valence-electron chi connectivity index (χ1n) is 6.02. The maximum atomic E-state index is 9.84. The Bertz CT molecular complexity index is 578. The van der Waals surface area contributed by atoms with Gasteiger partial charge in [-0.1, -0.05) is 23.7 Å². The van der Waals surface area contributed by atoms with E-state index in [1.54, 1.807) is 6.07 Å². The molecule has 0 amide bonds. The van der Waals surface area contributed by atoms with E-state index in [-0.39, 0.29) is 17.5 Å². The van der Waals surface area contributed by atoms with Crippen LogP contribution in [-0.4, -0.2) is 10.2 Å². The first-order chi connectivity index (χ1) is 8.99. The highest BCUT2D eigenvalue weighted by Gasteiger charge is 2.13. The summed E-state index contributed by atoms with van der Waals surface area (Å²) >= 11 is 6.16. The monoisotopic (exact) mass is 277 g/mol. The zero-order valence-electron chi connectivity index (χ0n) is 10.8. The number of phenolic OH excluding ortho intramolecular Hbond substituents is 2. The van der Waals surface area contributed by atoms with E-state index in [9.17, 15) is 10.2 Å². The van der Waals surface area contributed by atoms with Gasteiger partial charge in [0, 0.05) is 5.56 Å². The first-order valence-corrected chi connectivity index (χ1v) is 6.40. The van der Waals surface area contributed by atoms with Gasteiger partial charge in [0.1, 0.15) is 11.5 Å². The summed E-state index contributed by atoms with van der Waals surface area (Å²) in [4.78, 5) is 0. The minimum atomic E-state index is -0.175. The molecule has 3 N–H and O–H groups in total. The highest BCUT2D eigenvalue weighted by Crippen LogP contribution is 2.33. The van der Waals surface area contributed by atoms with Crippen molar-refractivity contribution in [3.8, 4) is 11.5 Å². The van der Waals surface area contributed by atoms with E-state index in [2.05, 4.69) is 5.32 Å². The summed E-state index contributed by atoms with van der Waals surface area (Å²) < 4.78 is 0. The molecular weight excluding hydrogens is 262 g/mol. The lowest BCUT2D eigenvalue weighted by molar-refractivity contribution is 0.451. The molecule has 2 aromatic carbocycles. The van der Waals surface area contributed by atoms with Crippen molar-refractivity contribution in [1.29, 1.82) is 0 Å². The molecule has 0 fully saturated rings. The molecule has 100 valence electrons. The lowest BCUT2D eigenvalue weighted by Crippen LogP contribution is -2.08. The minimum Gasteiger partial charge on any atom is -0.508 e. The van der Waals surface area contributed by atoms with Crippen molar-refractivity contribution >= 4 is 17.3 Å². The molecule has 2 rings (SSSR count). The fraction of sp³-hybridized carbons (Fsp3) is 0.200. The van der Waals surface area contributed by atoms with Crippen LogP contribution in [0.5, 0.6) is 11.5 Å². The number of hydrogen-bond acceptors (Lipinski definition) is 3. The number of hydrogen-bond donors (Lipinski definition) is 3. The lowest BCUT2D eigenvalue weighted by atomic mass is 10.1. The molecule has 0 radical (unpaired) electrons. The predicted molar refractivity (Wildman–Crippen MR) is 78.0 cm³/mol. The predicted octanol–water partition coefficient (Wildman–Crippen LogP) is 4.23. The fourth-order valence-corrected chi connectivity index (χ4v) is 2.27. The molecule has 0 aromatic heterocycles. The average Bonchev–Trinajstić information content (AvgIpc) is 2.37. The van der Waals surface area contributed by atoms with Gasteiger partial charge >= 0.3 is 0 Å². The third kappa shape index (κ3) is 2.93. The topological polar surface area (TPSA) is 52.5 Å². The van der Waals surface area contributed by atoms with E-state index < -0.39 is 0 Å². The number of benzene rings is 2. The fourth-order valence-electron chi connectivity index (χ4n) is 2.00. The van der Waals surface area contributed by atoms with Crippen LogP contribution in [0.25, 0.3) is 0 Å². The molecule has 0 heterocycles. The Morgan fingerprint density at radius 1 is 1.16 bits per heavy atom. The zero-order valence-corrected chi connectivity index (χ0v) is 11.6. The molecule has 0 saturated heterocycles. The van der Waals surface area contributed by atoms with Gasteiger partial charge < -0.3 is 15.5 Å². The van der Waals surface area contributed by atoms with Gasteiger partial charge in [0.05, 0.1) is 16.8 Å². The molecular formula is C15H16ClNO2. The van der Waals surface area contributed by atoms with Crippen LogP contribution >= 0.6 is 11.6 Å². The molecule has 0 aliphatic carbocycles. The molecule has 1 unspecified atom stereocenters. The highest BCUT2D eigenvalue weighted by atomic mass is 35.5. The van der Waals surface area contributed by atoms with Gasteiger partial charge in [0.2, 0.25) is 0 Å². The van der Waals surface area contributed by atoms with Gasteiger partial charge in [-0.05, 0) is 43.7 Å². The molecule has 0 bridgehead atoms. The van der Waals surface area contributed by atoms with E-state index in [0.29, 0.717) is 10.6 Å². The summed E-state index contributed by atoms with van der Waals surface area (Å²) in [5.74, 6) is 0.264. The van der Waals surface area contributed by atoms with Gasteiger partial charge in [-0.3, -0.25) is 0 Å². The first kappa shape index (κ1) is 13.6. The minimum absolute atomic E-state index is 0.123. The van der Waals surface area contributed by atoms with Crippen molar-refractivity contribution < 1.29 is 10.2 Å². The van der Waals surface area contributed by atoms with E-state index in [1.165, 1.54) is 12.1 Å². The Balaban J connectivity index is 2.31. The van der Waals surface area contributed by atoms with Crippen LogP contribution < -0.4 is 5.32 Å². The molecule has 2 aromatic rings. The van der Waals surface area contributed by atoms with E-state index in [4.69, 9.17) is 11.6 Å². The number of phenols is 2. The van der Waals surface area contributed by atoms with Crippen molar-refractivity contribution in [1.82, 2.24) is 0 Å². The van der Waals surface area contributed by atoms with Crippen molar-refractivity contribution in [2.45, 2.75) is 19.9 Å². The lowest BCUT2D eigenvalue weighted by Gasteiger charge is -2.19. The number of rotatable bonds is 3. The third-order valence-corrected chi connectivity index (χ3v) is 3.38.